The molecule has 0 bridgehead atoms. The van der Waals surface area contributed by atoms with Crippen LogP contribution in [0.25, 0.3) is 0 Å². The van der Waals surface area contributed by atoms with E-state index < -0.39 is 5.82 Å². The zero-order chi connectivity index (χ0) is 20.4. The summed E-state index contributed by atoms with van der Waals surface area (Å²) in [6, 6.07) is 15.6. The van der Waals surface area contributed by atoms with E-state index >= 15 is 0 Å². The van der Waals surface area contributed by atoms with Gasteiger partial charge < -0.3 is 15.0 Å². The molecule has 1 atom stereocenters. The van der Waals surface area contributed by atoms with Crippen LogP contribution in [0.3, 0.4) is 0 Å². The van der Waals surface area contributed by atoms with Gasteiger partial charge in [-0.1, -0.05) is 24.3 Å². The second-order valence-electron chi connectivity index (χ2n) is 6.98. The number of ether oxygens (including phenoxy) is 1. The van der Waals surface area contributed by atoms with Crippen LogP contribution < -0.4 is 10.1 Å². The molecule has 3 aromatic rings. The number of amides is 1. The third kappa shape index (κ3) is 3.78. The molecule has 0 fully saturated rings. The topological polar surface area (TPSA) is 54.5 Å². The Morgan fingerprint density at radius 2 is 2.00 bits per heavy atom. The molecule has 0 spiro atoms. The van der Waals surface area contributed by atoms with E-state index in [0.29, 0.717) is 30.2 Å². The average Bonchev–Trinajstić information content (AvgIpc) is 3.07. The fourth-order valence-corrected chi connectivity index (χ4v) is 3.44. The third-order valence-electron chi connectivity index (χ3n) is 5.08. The maximum atomic E-state index is 14.6. The maximum absolute atomic E-state index is 14.6. The molecule has 1 aliphatic heterocycles. The Morgan fingerprint density at radius 3 is 2.72 bits per heavy atom. The summed E-state index contributed by atoms with van der Waals surface area (Å²) in [6.07, 6.45) is 1.63. The van der Waals surface area contributed by atoms with Gasteiger partial charge in [0.1, 0.15) is 11.6 Å². The lowest BCUT2D eigenvalue weighted by Gasteiger charge is -2.18. The molecule has 6 heteroatoms. The Kier molecular flexibility index (Phi) is 5.16. The van der Waals surface area contributed by atoms with Crippen molar-refractivity contribution >= 4 is 11.7 Å². The van der Waals surface area contributed by atoms with E-state index in [1.807, 2.05) is 38.1 Å². The predicted octanol–water partition coefficient (Wildman–Crippen LogP) is 5.16. The van der Waals surface area contributed by atoms with Gasteiger partial charge in [0.2, 0.25) is 0 Å². The van der Waals surface area contributed by atoms with Crippen LogP contribution in [0.15, 0.2) is 60.8 Å². The number of nitrogens with one attached hydrogen (secondary N) is 1. The third-order valence-corrected chi connectivity index (χ3v) is 5.08. The molecule has 1 N–H and O–H groups in total. The van der Waals surface area contributed by atoms with E-state index in [4.69, 9.17) is 4.74 Å². The van der Waals surface area contributed by atoms with Gasteiger partial charge in [0.25, 0.3) is 5.91 Å². The number of anilines is 1. The number of aromatic nitrogens is 1. The molecular formula is C23H22FN3O2. The predicted molar refractivity (Wildman–Crippen MR) is 110 cm³/mol. The lowest BCUT2D eigenvalue weighted by Crippen LogP contribution is -2.22. The molecule has 1 aromatic heterocycles. The van der Waals surface area contributed by atoms with Crippen molar-refractivity contribution in [2.45, 2.75) is 26.4 Å². The summed E-state index contributed by atoms with van der Waals surface area (Å²) >= 11 is 0. The Bertz CT molecular complexity index is 1040. The lowest BCUT2D eigenvalue weighted by atomic mass is 10.1. The van der Waals surface area contributed by atoms with Gasteiger partial charge in [0.15, 0.2) is 11.6 Å². The first-order valence-corrected chi connectivity index (χ1v) is 9.63. The smallest absolute Gasteiger partial charge is 0.254 e. The average molecular weight is 391 g/mol. The molecule has 1 unspecified atom stereocenters. The molecule has 1 aliphatic rings. The Hall–Kier alpha value is -3.41. The van der Waals surface area contributed by atoms with Gasteiger partial charge in [-0.05, 0) is 49.7 Å². The first-order chi connectivity index (χ1) is 14.1. The molecule has 1 amide bonds. The van der Waals surface area contributed by atoms with E-state index in [9.17, 15) is 9.18 Å². The molecule has 2 aromatic carbocycles. The van der Waals surface area contributed by atoms with Crippen molar-refractivity contribution in [1.82, 2.24) is 9.88 Å². The molecule has 0 saturated carbocycles. The van der Waals surface area contributed by atoms with Gasteiger partial charge in [-0.15, -0.1) is 0 Å². The van der Waals surface area contributed by atoms with Crippen molar-refractivity contribution in [3.05, 3.63) is 83.3 Å². The number of hydrogen-bond acceptors (Lipinski definition) is 4. The summed E-state index contributed by atoms with van der Waals surface area (Å²) in [5.74, 6) is 1.01. The Labute approximate surface area is 169 Å². The van der Waals surface area contributed by atoms with Crippen molar-refractivity contribution in [3.8, 4) is 11.5 Å². The maximum Gasteiger partial charge on any atom is 0.254 e. The summed E-state index contributed by atoms with van der Waals surface area (Å²) in [5, 5.41) is 3.32. The summed E-state index contributed by atoms with van der Waals surface area (Å²) < 4.78 is 20.2. The van der Waals surface area contributed by atoms with Crippen LogP contribution in [-0.2, 0) is 6.54 Å². The number of rotatable bonds is 6. The van der Waals surface area contributed by atoms with E-state index in [1.165, 1.54) is 6.07 Å². The second-order valence-corrected chi connectivity index (χ2v) is 6.98. The van der Waals surface area contributed by atoms with Crippen LogP contribution in [0, 0.1) is 5.82 Å². The largest absolute Gasteiger partial charge is 0.454 e. The van der Waals surface area contributed by atoms with Crippen LogP contribution in [0.5, 0.6) is 11.5 Å². The van der Waals surface area contributed by atoms with Crippen LogP contribution in [-0.4, -0.2) is 22.3 Å². The lowest BCUT2D eigenvalue weighted by molar-refractivity contribution is 0.0787. The number of hydrogen-bond donors (Lipinski definition) is 1. The first-order valence-electron chi connectivity index (χ1n) is 9.63. The molecule has 2 heterocycles. The van der Waals surface area contributed by atoms with E-state index in [0.717, 1.165) is 11.1 Å². The van der Waals surface area contributed by atoms with Gasteiger partial charge >= 0.3 is 0 Å². The molecule has 0 saturated heterocycles. The second kappa shape index (κ2) is 7.91. The quantitative estimate of drug-likeness (QED) is 0.630. The zero-order valence-corrected chi connectivity index (χ0v) is 16.4. The first kappa shape index (κ1) is 18.9. The van der Waals surface area contributed by atoms with Crippen molar-refractivity contribution < 1.29 is 13.9 Å². The standard InChI is InChI=1S/C23H22FN3O2/c1-3-27-14-19-18(23(27)28)11-12-25-22(19)26-15(2)16-9-10-21(20(24)13-16)29-17-7-5-4-6-8-17/h4-13,15H,3,14H2,1-2H3,(H,25,26). The van der Waals surface area contributed by atoms with Gasteiger partial charge in [0, 0.05) is 23.9 Å². The number of carbonyl (C=O) groups excluding carboxylic acids is 1. The van der Waals surface area contributed by atoms with Gasteiger partial charge in [-0.2, -0.15) is 0 Å². The summed E-state index contributed by atoms with van der Waals surface area (Å²) in [5.41, 5.74) is 2.32. The van der Waals surface area contributed by atoms with Crippen LogP contribution in [0.2, 0.25) is 0 Å². The van der Waals surface area contributed by atoms with Gasteiger partial charge in [0.05, 0.1) is 12.6 Å². The van der Waals surface area contributed by atoms with Crippen molar-refractivity contribution in [2.75, 3.05) is 11.9 Å². The number of carbonyl (C=O) groups is 1. The fourth-order valence-electron chi connectivity index (χ4n) is 3.44. The van der Waals surface area contributed by atoms with E-state index in [1.54, 1.807) is 35.4 Å². The molecule has 29 heavy (non-hydrogen) atoms. The van der Waals surface area contributed by atoms with E-state index in [-0.39, 0.29) is 17.7 Å². The van der Waals surface area contributed by atoms with Gasteiger partial charge in [-0.3, -0.25) is 4.79 Å². The summed E-state index contributed by atoms with van der Waals surface area (Å²) in [6.45, 7) is 5.07. The minimum Gasteiger partial charge on any atom is -0.454 e. The number of pyridine rings is 1. The van der Waals surface area contributed by atoms with Crippen LogP contribution in [0.4, 0.5) is 10.2 Å². The molecule has 4 rings (SSSR count). The van der Waals surface area contributed by atoms with Crippen molar-refractivity contribution in [1.29, 1.82) is 0 Å². The highest BCUT2D eigenvalue weighted by Crippen LogP contribution is 2.31. The van der Waals surface area contributed by atoms with Crippen molar-refractivity contribution in [3.63, 3.8) is 0 Å². The number of nitrogens with zero attached hydrogens (tertiary/aromatic N) is 2. The Balaban J connectivity index is 1.52. The fraction of sp³-hybridized carbons (Fsp3) is 0.217. The highest BCUT2D eigenvalue weighted by atomic mass is 19.1. The number of benzene rings is 2. The molecular weight excluding hydrogens is 369 g/mol. The number of halogens is 1. The molecule has 148 valence electrons. The monoisotopic (exact) mass is 391 g/mol. The minimum absolute atomic E-state index is 0.0223. The SMILES string of the molecule is CCN1Cc2c(ccnc2NC(C)c2ccc(Oc3ccccc3)c(F)c2)C1=O. The van der Waals surface area contributed by atoms with Crippen LogP contribution in [0.1, 0.15) is 41.4 Å². The van der Waals surface area contributed by atoms with Crippen molar-refractivity contribution in [2.24, 2.45) is 0 Å². The Morgan fingerprint density at radius 1 is 1.21 bits per heavy atom. The minimum atomic E-state index is -0.432. The zero-order valence-electron chi connectivity index (χ0n) is 16.4. The molecule has 0 aliphatic carbocycles. The van der Waals surface area contributed by atoms with Crippen LogP contribution >= 0.6 is 0 Å². The number of fused-ring (bicyclic) bond motifs is 1. The summed E-state index contributed by atoms with van der Waals surface area (Å²) in [4.78, 5) is 18.6. The molecule has 5 nitrogen and oxygen atoms in total. The van der Waals surface area contributed by atoms with E-state index in [2.05, 4.69) is 10.3 Å². The number of para-hydroxylation sites is 1. The molecule has 0 radical (unpaired) electrons. The summed E-state index contributed by atoms with van der Waals surface area (Å²) in [7, 11) is 0. The van der Waals surface area contributed by atoms with Gasteiger partial charge in [-0.25, -0.2) is 9.37 Å². The normalized spacial score (nSPS) is 13.9. The highest BCUT2D eigenvalue weighted by Gasteiger charge is 2.29. The highest BCUT2D eigenvalue weighted by molar-refractivity contribution is 5.99.